The summed E-state index contributed by atoms with van der Waals surface area (Å²) >= 11 is 0. The van der Waals surface area contributed by atoms with E-state index in [1.165, 1.54) is 36.4 Å². The van der Waals surface area contributed by atoms with E-state index >= 15 is 0 Å². The summed E-state index contributed by atoms with van der Waals surface area (Å²) in [6, 6.07) is 11.4. The highest BCUT2D eigenvalue weighted by molar-refractivity contribution is 5.97. The number of benzene rings is 2. The Morgan fingerprint density at radius 1 is 0.913 bits per heavy atom. The lowest BCUT2D eigenvalue weighted by molar-refractivity contribution is -0.121. The van der Waals surface area contributed by atoms with Gasteiger partial charge in [0.1, 0.15) is 11.6 Å². The van der Waals surface area contributed by atoms with Gasteiger partial charge in [-0.3, -0.25) is 9.59 Å². The number of ketones is 1. The minimum absolute atomic E-state index is 0.0669. The number of carbonyl (C=O) groups is 2. The first-order chi connectivity index (χ1) is 11.0. The molecule has 0 aliphatic carbocycles. The van der Waals surface area contributed by atoms with Crippen LogP contribution in [-0.2, 0) is 11.2 Å². The van der Waals surface area contributed by atoms with Crippen LogP contribution in [0.5, 0.6) is 0 Å². The Balaban J connectivity index is 1.70. The van der Waals surface area contributed by atoms with Crippen LogP contribution in [0.2, 0.25) is 0 Å². The van der Waals surface area contributed by atoms with Crippen LogP contribution in [-0.4, -0.2) is 18.2 Å². The van der Waals surface area contributed by atoms with Crippen LogP contribution in [0.25, 0.3) is 0 Å². The van der Waals surface area contributed by atoms with Crippen molar-refractivity contribution in [3.05, 3.63) is 71.3 Å². The summed E-state index contributed by atoms with van der Waals surface area (Å²) in [5.41, 5.74) is 1.19. The van der Waals surface area contributed by atoms with Gasteiger partial charge in [-0.05, 0) is 48.4 Å². The minimum Gasteiger partial charge on any atom is -0.356 e. The zero-order valence-corrected chi connectivity index (χ0v) is 12.5. The van der Waals surface area contributed by atoms with Crippen LogP contribution in [0, 0.1) is 11.6 Å². The molecule has 0 spiro atoms. The molecule has 0 fully saturated rings. The molecule has 120 valence electrons. The summed E-state index contributed by atoms with van der Waals surface area (Å²) in [5, 5.41) is 2.69. The molecule has 3 nitrogen and oxygen atoms in total. The second kappa shape index (κ2) is 8.17. The Bertz CT molecular complexity index is 684. The van der Waals surface area contributed by atoms with Crippen molar-refractivity contribution in [2.24, 2.45) is 0 Å². The van der Waals surface area contributed by atoms with Gasteiger partial charge in [0.25, 0.3) is 0 Å². The molecule has 0 unspecified atom stereocenters. The Morgan fingerprint density at radius 2 is 1.65 bits per heavy atom. The Labute approximate surface area is 133 Å². The fraction of sp³-hybridized carbons (Fsp3) is 0.222. The van der Waals surface area contributed by atoms with Crippen molar-refractivity contribution in [1.29, 1.82) is 0 Å². The maximum atomic E-state index is 13.0. The van der Waals surface area contributed by atoms with Crippen LogP contribution in [0.3, 0.4) is 0 Å². The molecule has 0 aromatic heterocycles. The Hall–Kier alpha value is -2.56. The van der Waals surface area contributed by atoms with Crippen molar-refractivity contribution >= 4 is 11.7 Å². The summed E-state index contributed by atoms with van der Waals surface area (Å²) < 4.78 is 25.8. The number of hydrogen-bond donors (Lipinski definition) is 1. The van der Waals surface area contributed by atoms with Gasteiger partial charge < -0.3 is 5.32 Å². The van der Waals surface area contributed by atoms with E-state index in [9.17, 15) is 18.4 Å². The van der Waals surface area contributed by atoms with E-state index in [1.54, 1.807) is 12.1 Å². The van der Waals surface area contributed by atoms with Crippen molar-refractivity contribution in [3.8, 4) is 0 Å². The first-order valence-corrected chi connectivity index (χ1v) is 7.34. The zero-order chi connectivity index (χ0) is 16.7. The molecule has 1 amide bonds. The largest absolute Gasteiger partial charge is 0.356 e. The number of nitrogens with one attached hydrogen (secondary N) is 1. The fourth-order valence-electron chi connectivity index (χ4n) is 2.13. The molecule has 2 aromatic rings. The fourth-order valence-corrected chi connectivity index (χ4v) is 2.13. The molecular weight excluding hydrogens is 300 g/mol. The standard InChI is InChI=1S/C18H17F2NO2/c19-15-6-4-14(5-7-15)17(22)8-9-18(23)21-11-10-13-2-1-3-16(20)12-13/h1-7,12H,8-11H2,(H,21,23). The lowest BCUT2D eigenvalue weighted by Gasteiger charge is -2.05. The van der Waals surface area contributed by atoms with Crippen molar-refractivity contribution in [1.82, 2.24) is 5.32 Å². The highest BCUT2D eigenvalue weighted by Crippen LogP contribution is 2.07. The van der Waals surface area contributed by atoms with Crippen molar-refractivity contribution in [2.75, 3.05) is 6.54 Å². The SMILES string of the molecule is O=C(CCC(=O)c1ccc(F)cc1)NCCc1cccc(F)c1. The summed E-state index contributed by atoms with van der Waals surface area (Å²) in [4.78, 5) is 23.5. The van der Waals surface area contributed by atoms with E-state index in [0.717, 1.165) is 5.56 Å². The number of halogens is 2. The van der Waals surface area contributed by atoms with E-state index in [1.807, 2.05) is 0 Å². The van der Waals surface area contributed by atoms with Crippen molar-refractivity contribution in [3.63, 3.8) is 0 Å². The second-order valence-corrected chi connectivity index (χ2v) is 5.16. The van der Waals surface area contributed by atoms with Gasteiger partial charge in [-0.2, -0.15) is 0 Å². The second-order valence-electron chi connectivity index (χ2n) is 5.16. The summed E-state index contributed by atoms with van der Waals surface area (Å²) in [6.07, 6.45) is 0.659. The van der Waals surface area contributed by atoms with Crippen molar-refractivity contribution in [2.45, 2.75) is 19.3 Å². The molecule has 23 heavy (non-hydrogen) atoms. The van der Waals surface area contributed by atoms with Gasteiger partial charge in [-0.15, -0.1) is 0 Å². The summed E-state index contributed by atoms with van der Waals surface area (Å²) in [6.45, 7) is 0.382. The van der Waals surface area contributed by atoms with Crippen LogP contribution in [0.15, 0.2) is 48.5 Å². The number of amides is 1. The van der Waals surface area contributed by atoms with Gasteiger partial charge in [0.15, 0.2) is 5.78 Å². The average Bonchev–Trinajstić information content (AvgIpc) is 2.53. The number of rotatable bonds is 7. The number of carbonyl (C=O) groups excluding carboxylic acids is 2. The maximum absolute atomic E-state index is 13.0. The van der Waals surface area contributed by atoms with Crippen molar-refractivity contribution < 1.29 is 18.4 Å². The predicted octanol–water partition coefficient (Wildman–Crippen LogP) is 3.29. The molecule has 0 saturated carbocycles. The predicted molar refractivity (Wildman–Crippen MR) is 83.1 cm³/mol. The van der Waals surface area contributed by atoms with Gasteiger partial charge in [0, 0.05) is 24.9 Å². The topological polar surface area (TPSA) is 46.2 Å². The lowest BCUT2D eigenvalue weighted by Crippen LogP contribution is -2.26. The highest BCUT2D eigenvalue weighted by Gasteiger charge is 2.09. The first kappa shape index (κ1) is 16.8. The Morgan fingerprint density at radius 3 is 2.35 bits per heavy atom. The molecular formula is C18H17F2NO2. The van der Waals surface area contributed by atoms with Gasteiger partial charge in [-0.25, -0.2) is 8.78 Å². The molecule has 5 heteroatoms. The molecule has 0 aliphatic heterocycles. The van der Waals surface area contributed by atoms with Crippen LogP contribution >= 0.6 is 0 Å². The van der Waals surface area contributed by atoms with Gasteiger partial charge in [0.05, 0.1) is 0 Å². The van der Waals surface area contributed by atoms with E-state index in [-0.39, 0.29) is 30.3 Å². The zero-order valence-electron chi connectivity index (χ0n) is 12.5. The van der Waals surface area contributed by atoms with Crippen LogP contribution < -0.4 is 5.32 Å². The van der Waals surface area contributed by atoms with E-state index in [4.69, 9.17) is 0 Å². The smallest absolute Gasteiger partial charge is 0.220 e. The number of hydrogen-bond acceptors (Lipinski definition) is 2. The average molecular weight is 317 g/mol. The van der Waals surface area contributed by atoms with Crippen LogP contribution in [0.4, 0.5) is 8.78 Å². The lowest BCUT2D eigenvalue weighted by atomic mass is 10.1. The van der Waals surface area contributed by atoms with Gasteiger partial charge in [0.2, 0.25) is 5.91 Å². The Kier molecular flexibility index (Phi) is 5.97. The quantitative estimate of drug-likeness (QED) is 0.797. The normalized spacial score (nSPS) is 10.3. The van der Waals surface area contributed by atoms with E-state index in [2.05, 4.69) is 5.32 Å². The van der Waals surface area contributed by atoms with Gasteiger partial charge in [-0.1, -0.05) is 12.1 Å². The molecule has 0 atom stereocenters. The third-order valence-corrected chi connectivity index (χ3v) is 3.37. The molecule has 1 N–H and O–H groups in total. The monoisotopic (exact) mass is 317 g/mol. The maximum Gasteiger partial charge on any atom is 0.220 e. The molecule has 0 bridgehead atoms. The molecule has 2 aromatic carbocycles. The van der Waals surface area contributed by atoms with Crippen LogP contribution in [0.1, 0.15) is 28.8 Å². The summed E-state index contributed by atoms with van der Waals surface area (Å²) in [5.74, 6) is -1.16. The van der Waals surface area contributed by atoms with Gasteiger partial charge >= 0.3 is 0 Å². The molecule has 0 saturated heterocycles. The molecule has 0 heterocycles. The summed E-state index contributed by atoms with van der Waals surface area (Å²) in [7, 11) is 0. The van der Waals surface area contributed by atoms with E-state index < -0.39 is 5.82 Å². The minimum atomic E-state index is -0.406. The van der Waals surface area contributed by atoms with E-state index in [0.29, 0.717) is 18.5 Å². The molecule has 2 rings (SSSR count). The molecule has 0 radical (unpaired) electrons. The third-order valence-electron chi connectivity index (χ3n) is 3.37. The highest BCUT2D eigenvalue weighted by atomic mass is 19.1. The third kappa shape index (κ3) is 5.62. The number of Topliss-reactive ketones (excluding diaryl/α,β-unsaturated/α-hetero) is 1. The molecule has 0 aliphatic rings. The first-order valence-electron chi connectivity index (χ1n) is 7.34.